The molecule has 0 radical (unpaired) electrons. The predicted molar refractivity (Wildman–Crippen MR) is 62.2 cm³/mol. The lowest BCUT2D eigenvalue weighted by Crippen LogP contribution is -2.45. The van der Waals surface area contributed by atoms with Crippen molar-refractivity contribution >= 4 is 21.8 Å². The number of amides is 1. The standard InChI is InChI=1S/C11H13BrN2O/c12-8-3-1-7(2-4-8)11-9(13)5-6-10(15)14-11/h1-4,9,11H,5-6,13H2,(H,14,15)/t9-,11+/m0/s1. The molecule has 0 bridgehead atoms. The molecule has 0 unspecified atom stereocenters. The first kappa shape index (κ1) is 10.6. The Labute approximate surface area is 97.2 Å². The molecule has 0 aromatic heterocycles. The van der Waals surface area contributed by atoms with Crippen molar-refractivity contribution in [3.05, 3.63) is 34.3 Å². The predicted octanol–water partition coefficient (Wildman–Crippen LogP) is 1.73. The lowest BCUT2D eigenvalue weighted by Gasteiger charge is -2.29. The first-order chi connectivity index (χ1) is 7.16. The molecule has 15 heavy (non-hydrogen) atoms. The second-order valence-corrected chi connectivity index (χ2v) is 4.71. The average molecular weight is 269 g/mol. The molecule has 1 aliphatic heterocycles. The van der Waals surface area contributed by atoms with Gasteiger partial charge >= 0.3 is 0 Å². The molecular weight excluding hydrogens is 256 g/mol. The topological polar surface area (TPSA) is 55.1 Å². The number of hydrogen-bond acceptors (Lipinski definition) is 2. The lowest BCUT2D eigenvalue weighted by molar-refractivity contribution is -0.123. The minimum Gasteiger partial charge on any atom is -0.348 e. The molecule has 1 fully saturated rings. The summed E-state index contributed by atoms with van der Waals surface area (Å²) in [4.78, 5) is 11.3. The number of benzene rings is 1. The minimum absolute atomic E-state index is 0.0175. The van der Waals surface area contributed by atoms with E-state index in [0.717, 1.165) is 16.5 Å². The van der Waals surface area contributed by atoms with Gasteiger partial charge in [0.1, 0.15) is 0 Å². The molecule has 2 rings (SSSR count). The zero-order chi connectivity index (χ0) is 10.8. The molecule has 0 saturated carbocycles. The first-order valence-corrected chi connectivity index (χ1v) is 5.76. The summed E-state index contributed by atoms with van der Waals surface area (Å²) in [6.45, 7) is 0. The highest BCUT2D eigenvalue weighted by Crippen LogP contribution is 2.23. The quantitative estimate of drug-likeness (QED) is 0.815. The largest absolute Gasteiger partial charge is 0.348 e. The summed E-state index contributed by atoms with van der Waals surface area (Å²) in [6, 6.07) is 7.87. The van der Waals surface area contributed by atoms with Crippen LogP contribution < -0.4 is 11.1 Å². The third-order valence-electron chi connectivity index (χ3n) is 2.68. The fraction of sp³-hybridized carbons (Fsp3) is 0.364. The van der Waals surface area contributed by atoms with E-state index in [2.05, 4.69) is 21.2 Å². The Balaban J connectivity index is 2.21. The van der Waals surface area contributed by atoms with Crippen LogP contribution in [-0.4, -0.2) is 11.9 Å². The summed E-state index contributed by atoms with van der Waals surface area (Å²) in [5.41, 5.74) is 7.05. The van der Waals surface area contributed by atoms with E-state index in [4.69, 9.17) is 5.73 Å². The number of hydrogen-bond donors (Lipinski definition) is 2. The molecule has 3 nitrogen and oxygen atoms in total. The maximum absolute atomic E-state index is 11.3. The average Bonchev–Trinajstić information content (AvgIpc) is 2.23. The molecule has 1 aliphatic rings. The molecule has 1 amide bonds. The summed E-state index contributed by atoms with van der Waals surface area (Å²) < 4.78 is 1.03. The Kier molecular flexibility index (Phi) is 3.07. The van der Waals surface area contributed by atoms with Crippen LogP contribution in [0.4, 0.5) is 0 Å². The molecule has 1 heterocycles. The van der Waals surface area contributed by atoms with Crippen molar-refractivity contribution in [2.75, 3.05) is 0 Å². The monoisotopic (exact) mass is 268 g/mol. The highest BCUT2D eigenvalue weighted by Gasteiger charge is 2.26. The molecule has 0 spiro atoms. The maximum atomic E-state index is 11.3. The van der Waals surface area contributed by atoms with Crippen molar-refractivity contribution in [3.8, 4) is 0 Å². The fourth-order valence-electron chi connectivity index (χ4n) is 1.82. The third kappa shape index (κ3) is 2.38. The van der Waals surface area contributed by atoms with E-state index in [-0.39, 0.29) is 18.0 Å². The molecule has 80 valence electrons. The number of rotatable bonds is 1. The molecule has 3 N–H and O–H groups in total. The van der Waals surface area contributed by atoms with Crippen molar-refractivity contribution in [2.45, 2.75) is 24.9 Å². The number of nitrogens with two attached hydrogens (primary N) is 1. The second kappa shape index (κ2) is 4.33. The molecule has 1 aromatic carbocycles. The maximum Gasteiger partial charge on any atom is 0.220 e. The van der Waals surface area contributed by atoms with E-state index >= 15 is 0 Å². The number of carbonyl (C=O) groups excluding carboxylic acids is 1. The summed E-state index contributed by atoms with van der Waals surface area (Å²) in [7, 11) is 0. The van der Waals surface area contributed by atoms with Crippen LogP contribution in [-0.2, 0) is 4.79 Å². The van der Waals surface area contributed by atoms with Crippen LogP contribution in [0.15, 0.2) is 28.7 Å². The Hall–Kier alpha value is -0.870. The fourth-order valence-corrected chi connectivity index (χ4v) is 2.08. The van der Waals surface area contributed by atoms with Gasteiger partial charge in [-0.05, 0) is 24.1 Å². The zero-order valence-corrected chi connectivity index (χ0v) is 9.83. The Morgan fingerprint density at radius 3 is 2.67 bits per heavy atom. The van der Waals surface area contributed by atoms with Crippen LogP contribution in [0.5, 0.6) is 0 Å². The summed E-state index contributed by atoms with van der Waals surface area (Å²) in [6.07, 6.45) is 1.29. The van der Waals surface area contributed by atoms with Gasteiger partial charge in [-0.15, -0.1) is 0 Å². The SMILES string of the molecule is N[C@H]1CCC(=O)N[C@@H]1c1ccc(Br)cc1. The van der Waals surface area contributed by atoms with Crippen LogP contribution >= 0.6 is 15.9 Å². The van der Waals surface area contributed by atoms with Crippen LogP contribution in [0.1, 0.15) is 24.4 Å². The summed E-state index contributed by atoms with van der Waals surface area (Å²) >= 11 is 3.38. The van der Waals surface area contributed by atoms with Gasteiger partial charge in [-0.25, -0.2) is 0 Å². The van der Waals surface area contributed by atoms with Gasteiger partial charge in [-0.3, -0.25) is 4.79 Å². The van der Waals surface area contributed by atoms with Gasteiger partial charge in [-0.2, -0.15) is 0 Å². The van der Waals surface area contributed by atoms with Gasteiger partial charge in [0.2, 0.25) is 5.91 Å². The normalized spacial score (nSPS) is 26.1. The van der Waals surface area contributed by atoms with Crippen molar-refractivity contribution < 1.29 is 4.79 Å². The van der Waals surface area contributed by atoms with E-state index in [0.29, 0.717) is 6.42 Å². The smallest absolute Gasteiger partial charge is 0.220 e. The first-order valence-electron chi connectivity index (χ1n) is 4.97. The zero-order valence-electron chi connectivity index (χ0n) is 8.24. The van der Waals surface area contributed by atoms with Crippen LogP contribution in [0, 0.1) is 0 Å². The number of nitrogens with one attached hydrogen (secondary N) is 1. The summed E-state index contributed by atoms with van der Waals surface area (Å²) in [5.74, 6) is 0.0876. The van der Waals surface area contributed by atoms with E-state index in [1.807, 2.05) is 24.3 Å². The van der Waals surface area contributed by atoms with E-state index < -0.39 is 0 Å². The highest BCUT2D eigenvalue weighted by atomic mass is 79.9. The van der Waals surface area contributed by atoms with E-state index in [1.165, 1.54) is 0 Å². The van der Waals surface area contributed by atoms with Gasteiger partial charge in [0, 0.05) is 16.9 Å². The van der Waals surface area contributed by atoms with Gasteiger partial charge in [0.25, 0.3) is 0 Å². The van der Waals surface area contributed by atoms with Crippen molar-refractivity contribution in [1.29, 1.82) is 0 Å². The Bertz CT molecular complexity index is 363. The molecule has 1 saturated heterocycles. The highest BCUT2D eigenvalue weighted by molar-refractivity contribution is 9.10. The molecule has 1 aromatic rings. The minimum atomic E-state index is -0.0423. The Morgan fingerprint density at radius 2 is 2.00 bits per heavy atom. The van der Waals surface area contributed by atoms with Gasteiger partial charge in [0.05, 0.1) is 6.04 Å². The van der Waals surface area contributed by atoms with Crippen LogP contribution in [0.25, 0.3) is 0 Å². The van der Waals surface area contributed by atoms with Crippen molar-refractivity contribution in [1.82, 2.24) is 5.32 Å². The van der Waals surface area contributed by atoms with Gasteiger partial charge < -0.3 is 11.1 Å². The van der Waals surface area contributed by atoms with Crippen LogP contribution in [0.2, 0.25) is 0 Å². The molecular formula is C11H13BrN2O. The van der Waals surface area contributed by atoms with Crippen molar-refractivity contribution in [3.63, 3.8) is 0 Å². The number of halogens is 1. The van der Waals surface area contributed by atoms with Crippen LogP contribution in [0.3, 0.4) is 0 Å². The summed E-state index contributed by atoms with van der Waals surface area (Å²) in [5, 5.41) is 2.92. The van der Waals surface area contributed by atoms with E-state index in [1.54, 1.807) is 0 Å². The van der Waals surface area contributed by atoms with Gasteiger partial charge in [-0.1, -0.05) is 28.1 Å². The Morgan fingerprint density at radius 1 is 1.33 bits per heavy atom. The third-order valence-corrected chi connectivity index (χ3v) is 3.21. The van der Waals surface area contributed by atoms with Gasteiger partial charge in [0.15, 0.2) is 0 Å². The van der Waals surface area contributed by atoms with Crippen molar-refractivity contribution in [2.24, 2.45) is 5.73 Å². The second-order valence-electron chi connectivity index (χ2n) is 3.80. The molecule has 0 aliphatic carbocycles. The molecule has 4 heteroatoms. The van der Waals surface area contributed by atoms with E-state index in [9.17, 15) is 4.79 Å². The number of piperidine rings is 1. The lowest BCUT2D eigenvalue weighted by atomic mass is 9.93. The molecule has 2 atom stereocenters. The number of carbonyl (C=O) groups is 1.